The van der Waals surface area contributed by atoms with Crippen molar-refractivity contribution in [1.82, 2.24) is 20.2 Å². The number of benzene rings is 1. The Hall–Kier alpha value is -1.66. The van der Waals surface area contributed by atoms with Crippen molar-refractivity contribution in [2.75, 3.05) is 26.2 Å². The highest BCUT2D eigenvalue weighted by Gasteiger charge is 2.25. The monoisotopic (exact) mass is 344 g/mol. The molecule has 1 unspecified atom stereocenters. The maximum Gasteiger partial charge on any atom is 0.169 e. The van der Waals surface area contributed by atoms with Crippen molar-refractivity contribution in [3.8, 4) is 0 Å². The lowest BCUT2D eigenvalue weighted by Gasteiger charge is -2.33. The van der Waals surface area contributed by atoms with E-state index in [-0.39, 0.29) is 0 Å². The Morgan fingerprint density at radius 3 is 2.88 bits per heavy atom. The third-order valence-electron chi connectivity index (χ3n) is 5.08. The first-order valence-electron chi connectivity index (χ1n) is 8.88. The molecular weight excluding hydrogens is 320 g/mol. The minimum atomic E-state index is 0.330. The van der Waals surface area contributed by atoms with Crippen LogP contribution in [0.15, 0.2) is 24.3 Å². The number of thiocarbonyl (C=S) groups is 1. The van der Waals surface area contributed by atoms with Crippen LogP contribution in [0.3, 0.4) is 0 Å². The molecular formula is C18H24N4OS. The van der Waals surface area contributed by atoms with Crippen LogP contribution in [-0.2, 0) is 4.74 Å². The van der Waals surface area contributed by atoms with Crippen LogP contribution in [0.1, 0.15) is 37.4 Å². The van der Waals surface area contributed by atoms with E-state index in [2.05, 4.69) is 27.3 Å². The molecule has 2 N–H and O–H groups in total. The molecule has 2 aliphatic heterocycles. The molecule has 2 aliphatic rings. The number of aromatic amines is 1. The van der Waals surface area contributed by atoms with Crippen molar-refractivity contribution in [1.29, 1.82) is 0 Å². The second kappa shape index (κ2) is 7.07. The first-order valence-corrected chi connectivity index (χ1v) is 9.29. The molecule has 2 fully saturated rings. The number of nitrogens with zero attached hydrogens (tertiary/aromatic N) is 2. The molecule has 4 rings (SSSR count). The summed E-state index contributed by atoms with van der Waals surface area (Å²) in [6.07, 6.45) is 4.81. The summed E-state index contributed by atoms with van der Waals surface area (Å²) in [6.45, 7) is 3.70. The van der Waals surface area contributed by atoms with E-state index in [4.69, 9.17) is 21.9 Å². The molecule has 2 aromatic rings. The molecule has 0 bridgehead atoms. The number of ether oxygens (including phenoxy) is 1. The highest BCUT2D eigenvalue weighted by atomic mass is 32.1. The standard InChI is InChI=1S/C18H24N4OS/c24-18(19-12-14-4-3-11-23-14)22-9-7-13(8-10-22)17-20-15-5-1-2-6-16(15)21-17/h1-2,5-6,13-14H,3-4,7-12H2,(H,19,24)(H,20,21). The summed E-state index contributed by atoms with van der Waals surface area (Å²) in [5.74, 6) is 1.61. The Balaban J connectivity index is 1.30. The summed E-state index contributed by atoms with van der Waals surface area (Å²) >= 11 is 5.55. The lowest BCUT2D eigenvalue weighted by Crippen LogP contribution is -2.45. The zero-order valence-corrected chi connectivity index (χ0v) is 14.6. The fraction of sp³-hybridized carbons (Fsp3) is 0.556. The average molecular weight is 344 g/mol. The molecule has 1 aromatic heterocycles. The van der Waals surface area contributed by atoms with Crippen LogP contribution in [-0.4, -0.2) is 52.3 Å². The van der Waals surface area contributed by atoms with Gasteiger partial charge >= 0.3 is 0 Å². The lowest BCUT2D eigenvalue weighted by atomic mass is 9.96. The van der Waals surface area contributed by atoms with Crippen molar-refractivity contribution in [2.45, 2.75) is 37.7 Å². The number of para-hydroxylation sites is 2. The number of rotatable bonds is 3. The molecule has 6 heteroatoms. The summed E-state index contributed by atoms with van der Waals surface area (Å²) in [5, 5.41) is 4.25. The van der Waals surface area contributed by atoms with Gasteiger partial charge in [-0.1, -0.05) is 12.1 Å². The second-order valence-electron chi connectivity index (χ2n) is 6.72. The van der Waals surface area contributed by atoms with Gasteiger partial charge in [-0.25, -0.2) is 4.98 Å². The van der Waals surface area contributed by atoms with E-state index < -0.39 is 0 Å². The minimum Gasteiger partial charge on any atom is -0.376 e. The van der Waals surface area contributed by atoms with Crippen LogP contribution < -0.4 is 5.32 Å². The van der Waals surface area contributed by atoms with Gasteiger partial charge in [0.25, 0.3) is 0 Å². The highest BCUT2D eigenvalue weighted by molar-refractivity contribution is 7.80. The number of nitrogens with one attached hydrogen (secondary N) is 2. The minimum absolute atomic E-state index is 0.330. The van der Waals surface area contributed by atoms with Crippen molar-refractivity contribution >= 4 is 28.4 Å². The number of piperidine rings is 1. The summed E-state index contributed by atoms with van der Waals surface area (Å²) < 4.78 is 5.64. The first-order chi connectivity index (χ1) is 11.8. The van der Waals surface area contributed by atoms with Gasteiger partial charge in [-0.3, -0.25) is 0 Å². The van der Waals surface area contributed by atoms with E-state index in [1.807, 2.05) is 12.1 Å². The van der Waals surface area contributed by atoms with E-state index in [1.165, 1.54) is 6.42 Å². The molecule has 5 nitrogen and oxygen atoms in total. The molecule has 1 atom stereocenters. The van der Waals surface area contributed by atoms with Crippen molar-refractivity contribution in [3.05, 3.63) is 30.1 Å². The number of aromatic nitrogens is 2. The number of fused-ring (bicyclic) bond motifs is 1. The SMILES string of the molecule is S=C(NCC1CCCO1)N1CCC(c2nc3ccccc3[nH]2)CC1. The van der Waals surface area contributed by atoms with Gasteiger partial charge in [-0.2, -0.15) is 0 Å². The Morgan fingerprint density at radius 1 is 1.29 bits per heavy atom. The third-order valence-corrected chi connectivity index (χ3v) is 5.48. The quantitative estimate of drug-likeness (QED) is 0.839. The van der Waals surface area contributed by atoms with Gasteiger partial charge in [0, 0.05) is 32.2 Å². The smallest absolute Gasteiger partial charge is 0.169 e. The topological polar surface area (TPSA) is 53.2 Å². The fourth-order valence-electron chi connectivity index (χ4n) is 3.64. The highest BCUT2D eigenvalue weighted by Crippen LogP contribution is 2.27. The maximum atomic E-state index is 5.64. The van der Waals surface area contributed by atoms with Crippen LogP contribution in [0.2, 0.25) is 0 Å². The van der Waals surface area contributed by atoms with Crippen LogP contribution in [0.25, 0.3) is 11.0 Å². The average Bonchev–Trinajstić information content (AvgIpc) is 3.29. The van der Waals surface area contributed by atoms with E-state index in [0.29, 0.717) is 12.0 Å². The Morgan fingerprint density at radius 2 is 2.12 bits per heavy atom. The van der Waals surface area contributed by atoms with Crippen LogP contribution in [0, 0.1) is 0 Å². The number of hydrogen-bond acceptors (Lipinski definition) is 3. The van der Waals surface area contributed by atoms with Crippen molar-refractivity contribution in [3.63, 3.8) is 0 Å². The van der Waals surface area contributed by atoms with Crippen LogP contribution >= 0.6 is 12.2 Å². The molecule has 128 valence electrons. The van der Waals surface area contributed by atoms with E-state index in [1.54, 1.807) is 0 Å². The van der Waals surface area contributed by atoms with Gasteiger partial charge in [0.05, 0.1) is 17.1 Å². The van der Waals surface area contributed by atoms with Gasteiger partial charge in [-0.15, -0.1) is 0 Å². The lowest BCUT2D eigenvalue weighted by molar-refractivity contribution is 0.113. The predicted molar refractivity (Wildman–Crippen MR) is 99.2 cm³/mol. The van der Waals surface area contributed by atoms with Gasteiger partial charge in [0.15, 0.2) is 5.11 Å². The predicted octanol–water partition coefficient (Wildman–Crippen LogP) is 2.80. The molecule has 24 heavy (non-hydrogen) atoms. The molecule has 0 spiro atoms. The summed E-state index contributed by atoms with van der Waals surface area (Å²) in [4.78, 5) is 10.5. The zero-order chi connectivity index (χ0) is 16.4. The second-order valence-corrected chi connectivity index (χ2v) is 7.11. The largest absolute Gasteiger partial charge is 0.376 e. The van der Waals surface area contributed by atoms with Gasteiger partial charge in [0.1, 0.15) is 5.82 Å². The summed E-state index contributed by atoms with van der Waals surface area (Å²) in [5.41, 5.74) is 2.19. The van der Waals surface area contributed by atoms with Crippen molar-refractivity contribution < 1.29 is 4.74 Å². The zero-order valence-electron chi connectivity index (χ0n) is 13.8. The van der Waals surface area contributed by atoms with Gasteiger partial charge in [0.2, 0.25) is 0 Å². The summed E-state index contributed by atoms with van der Waals surface area (Å²) in [6, 6.07) is 8.23. The van der Waals surface area contributed by atoms with E-state index >= 15 is 0 Å². The van der Waals surface area contributed by atoms with Crippen LogP contribution in [0.5, 0.6) is 0 Å². The van der Waals surface area contributed by atoms with Crippen LogP contribution in [0.4, 0.5) is 0 Å². The van der Waals surface area contributed by atoms with Gasteiger partial charge in [-0.05, 0) is 50.0 Å². The molecule has 0 amide bonds. The number of likely N-dealkylation sites (tertiary alicyclic amines) is 1. The normalized spacial score (nSPS) is 22.2. The third kappa shape index (κ3) is 3.39. The molecule has 2 saturated heterocycles. The Bertz CT molecular complexity index is 669. The molecule has 1 aromatic carbocycles. The Kier molecular flexibility index (Phi) is 4.67. The number of hydrogen-bond donors (Lipinski definition) is 2. The van der Waals surface area contributed by atoms with Crippen molar-refractivity contribution in [2.24, 2.45) is 0 Å². The summed E-state index contributed by atoms with van der Waals surface area (Å²) in [7, 11) is 0. The number of H-pyrrole nitrogens is 1. The Labute approximate surface area is 147 Å². The molecule has 0 radical (unpaired) electrons. The van der Waals surface area contributed by atoms with E-state index in [0.717, 1.165) is 67.5 Å². The van der Waals surface area contributed by atoms with E-state index in [9.17, 15) is 0 Å². The maximum absolute atomic E-state index is 5.64. The molecule has 3 heterocycles. The number of imidazole rings is 1. The first kappa shape index (κ1) is 15.8. The fourth-order valence-corrected chi connectivity index (χ4v) is 3.91. The molecule has 0 aliphatic carbocycles. The molecule has 0 saturated carbocycles. The van der Waals surface area contributed by atoms with Gasteiger partial charge < -0.3 is 19.9 Å².